The number of aryl methyl sites for hydroxylation is 1. The van der Waals surface area contributed by atoms with E-state index >= 15 is 0 Å². The van der Waals surface area contributed by atoms with Crippen LogP contribution in [0, 0.1) is 17.3 Å². The zero-order chi connectivity index (χ0) is 14.8. The lowest BCUT2D eigenvalue weighted by Crippen LogP contribution is -2.44. The Balaban J connectivity index is 1.71. The summed E-state index contributed by atoms with van der Waals surface area (Å²) in [6.45, 7) is 2.17. The van der Waals surface area contributed by atoms with Crippen molar-refractivity contribution in [3.8, 4) is 5.75 Å². The topological polar surface area (TPSA) is 60.7 Å². The van der Waals surface area contributed by atoms with E-state index in [4.69, 9.17) is 0 Å². The standard InChI is InChI=1S/C18H24O3/c1-18-7-6-13-12-5-3-11(19)8-10(12)2-4-14(13)15(18)9-16(20)17(18)21/h3,5,8,13-17,19-21H,2,4,6-7,9H2,1H3/t13?,14?,15?,16-,17+,18?/m0/s1. The summed E-state index contributed by atoms with van der Waals surface area (Å²) in [5.41, 5.74) is 2.57. The predicted octanol–water partition coefficient (Wildman–Crippen LogP) is 2.58. The summed E-state index contributed by atoms with van der Waals surface area (Å²) in [6, 6.07) is 5.80. The van der Waals surface area contributed by atoms with Crippen molar-refractivity contribution >= 4 is 0 Å². The summed E-state index contributed by atoms with van der Waals surface area (Å²) in [4.78, 5) is 0. The zero-order valence-corrected chi connectivity index (χ0v) is 12.5. The van der Waals surface area contributed by atoms with Crippen molar-refractivity contribution in [2.75, 3.05) is 0 Å². The number of hydrogen-bond acceptors (Lipinski definition) is 3. The van der Waals surface area contributed by atoms with E-state index in [0.29, 0.717) is 23.5 Å². The smallest absolute Gasteiger partial charge is 0.115 e. The van der Waals surface area contributed by atoms with Gasteiger partial charge in [-0.3, -0.25) is 0 Å². The third-order valence-electron chi connectivity index (χ3n) is 6.68. The molecule has 3 aliphatic carbocycles. The highest BCUT2D eigenvalue weighted by Crippen LogP contribution is 2.60. The lowest BCUT2D eigenvalue weighted by atomic mass is 9.55. The molecule has 3 nitrogen and oxygen atoms in total. The number of hydrogen-bond donors (Lipinski definition) is 3. The van der Waals surface area contributed by atoms with Crippen LogP contribution in [0.5, 0.6) is 5.75 Å². The number of aromatic hydroxyl groups is 1. The molecule has 4 unspecified atom stereocenters. The second kappa shape index (κ2) is 4.47. The monoisotopic (exact) mass is 288 g/mol. The Kier molecular flexibility index (Phi) is 2.89. The average molecular weight is 288 g/mol. The van der Waals surface area contributed by atoms with Gasteiger partial charge in [-0.1, -0.05) is 13.0 Å². The van der Waals surface area contributed by atoms with Crippen molar-refractivity contribution in [3.05, 3.63) is 29.3 Å². The highest BCUT2D eigenvalue weighted by molar-refractivity contribution is 5.40. The van der Waals surface area contributed by atoms with Crippen LogP contribution in [0.15, 0.2) is 18.2 Å². The predicted molar refractivity (Wildman–Crippen MR) is 80.1 cm³/mol. The van der Waals surface area contributed by atoms with Crippen LogP contribution in [-0.2, 0) is 6.42 Å². The number of phenolic OH excluding ortho intramolecular Hbond substituents is 1. The number of phenols is 1. The van der Waals surface area contributed by atoms with Crippen LogP contribution in [-0.4, -0.2) is 27.5 Å². The number of rotatable bonds is 0. The molecule has 114 valence electrons. The maximum atomic E-state index is 10.4. The van der Waals surface area contributed by atoms with Gasteiger partial charge in [0.25, 0.3) is 0 Å². The minimum atomic E-state index is -0.565. The number of benzene rings is 1. The quantitative estimate of drug-likeness (QED) is 0.687. The van der Waals surface area contributed by atoms with Gasteiger partial charge in [-0.2, -0.15) is 0 Å². The second-order valence-corrected chi connectivity index (χ2v) is 7.59. The second-order valence-electron chi connectivity index (χ2n) is 7.59. The molecule has 0 bridgehead atoms. The number of aliphatic hydroxyl groups is 2. The van der Waals surface area contributed by atoms with E-state index in [1.165, 1.54) is 11.1 Å². The van der Waals surface area contributed by atoms with Crippen molar-refractivity contribution in [2.45, 2.75) is 57.2 Å². The van der Waals surface area contributed by atoms with Crippen molar-refractivity contribution < 1.29 is 15.3 Å². The zero-order valence-electron chi connectivity index (χ0n) is 12.5. The molecule has 0 amide bonds. The molecule has 3 N–H and O–H groups in total. The van der Waals surface area contributed by atoms with E-state index in [1.54, 1.807) is 6.07 Å². The van der Waals surface area contributed by atoms with Crippen molar-refractivity contribution in [2.24, 2.45) is 17.3 Å². The molecular formula is C18H24O3. The van der Waals surface area contributed by atoms with E-state index in [1.807, 2.05) is 6.07 Å². The number of fused-ring (bicyclic) bond motifs is 5. The molecule has 2 fully saturated rings. The first-order valence-electron chi connectivity index (χ1n) is 8.18. The van der Waals surface area contributed by atoms with Crippen molar-refractivity contribution in [1.82, 2.24) is 0 Å². The van der Waals surface area contributed by atoms with Crippen LogP contribution in [0.3, 0.4) is 0 Å². The molecule has 1 aromatic carbocycles. The third-order valence-corrected chi connectivity index (χ3v) is 6.68. The fraction of sp³-hybridized carbons (Fsp3) is 0.667. The Hall–Kier alpha value is -1.06. The van der Waals surface area contributed by atoms with E-state index in [9.17, 15) is 15.3 Å². The van der Waals surface area contributed by atoms with E-state index < -0.39 is 12.2 Å². The summed E-state index contributed by atoms with van der Waals surface area (Å²) in [5, 5.41) is 30.2. The first-order chi connectivity index (χ1) is 10.0. The lowest BCUT2D eigenvalue weighted by Gasteiger charge is -2.49. The highest BCUT2D eigenvalue weighted by Gasteiger charge is 2.57. The van der Waals surface area contributed by atoms with Gasteiger partial charge in [-0.25, -0.2) is 0 Å². The fourth-order valence-electron chi connectivity index (χ4n) is 5.56. The molecule has 21 heavy (non-hydrogen) atoms. The normalized spacial score (nSPS) is 44.8. The number of aliphatic hydroxyl groups excluding tert-OH is 2. The molecule has 1 aromatic rings. The minimum Gasteiger partial charge on any atom is -0.508 e. The maximum Gasteiger partial charge on any atom is 0.115 e. The van der Waals surface area contributed by atoms with Gasteiger partial charge in [0.1, 0.15) is 5.75 Å². The van der Waals surface area contributed by atoms with Gasteiger partial charge in [0.05, 0.1) is 12.2 Å². The van der Waals surface area contributed by atoms with E-state index in [2.05, 4.69) is 13.0 Å². The van der Waals surface area contributed by atoms with Gasteiger partial charge in [0.15, 0.2) is 0 Å². The molecule has 4 rings (SSSR count). The molecule has 0 saturated heterocycles. The molecule has 3 heteroatoms. The van der Waals surface area contributed by atoms with Crippen LogP contribution >= 0.6 is 0 Å². The molecular weight excluding hydrogens is 264 g/mol. The van der Waals surface area contributed by atoms with Crippen LogP contribution in [0.1, 0.15) is 49.7 Å². The van der Waals surface area contributed by atoms with Crippen LogP contribution in [0.2, 0.25) is 0 Å². The Bertz CT molecular complexity index is 570. The average Bonchev–Trinajstić information content (AvgIpc) is 2.70. The van der Waals surface area contributed by atoms with Crippen molar-refractivity contribution in [1.29, 1.82) is 0 Å². The molecule has 0 radical (unpaired) electrons. The van der Waals surface area contributed by atoms with Crippen molar-refractivity contribution in [3.63, 3.8) is 0 Å². The molecule has 3 aliphatic rings. The van der Waals surface area contributed by atoms with Gasteiger partial charge in [-0.05, 0) is 78.5 Å². The summed E-state index contributed by atoms with van der Waals surface area (Å²) < 4.78 is 0. The Morgan fingerprint density at radius 3 is 2.81 bits per heavy atom. The molecule has 6 atom stereocenters. The minimum absolute atomic E-state index is 0.116. The van der Waals surface area contributed by atoms with Crippen LogP contribution in [0.25, 0.3) is 0 Å². The Morgan fingerprint density at radius 1 is 1.19 bits per heavy atom. The molecule has 0 aromatic heterocycles. The first-order valence-corrected chi connectivity index (χ1v) is 8.18. The summed E-state index contributed by atoms with van der Waals surface area (Å²) >= 11 is 0. The first kappa shape index (κ1) is 13.6. The van der Waals surface area contributed by atoms with Gasteiger partial charge in [-0.15, -0.1) is 0 Å². The summed E-state index contributed by atoms with van der Waals surface area (Å²) in [6.07, 6.45) is 3.80. The third kappa shape index (κ3) is 1.80. The molecule has 0 aliphatic heterocycles. The van der Waals surface area contributed by atoms with Gasteiger partial charge in [0.2, 0.25) is 0 Å². The summed E-state index contributed by atoms with van der Waals surface area (Å²) in [5.74, 6) is 1.88. The van der Waals surface area contributed by atoms with Crippen LogP contribution in [0.4, 0.5) is 0 Å². The van der Waals surface area contributed by atoms with E-state index in [0.717, 1.165) is 32.1 Å². The SMILES string of the molecule is CC12CCC3c4ccc(O)cc4CCC3C1C[C@H](O)[C@H]2O. The Labute approximate surface area is 125 Å². The molecule has 2 saturated carbocycles. The van der Waals surface area contributed by atoms with Gasteiger partial charge >= 0.3 is 0 Å². The Morgan fingerprint density at radius 2 is 2.00 bits per heavy atom. The maximum absolute atomic E-state index is 10.4. The lowest BCUT2D eigenvalue weighted by molar-refractivity contribution is -0.0505. The van der Waals surface area contributed by atoms with Gasteiger partial charge in [0, 0.05) is 0 Å². The fourth-order valence-corrected chi connectivity index (χ4v) is 5.56. The van der Waals surface area contributed by atoms with Gasteiger partial charge < -0.3 is 15.3 Å². The summed E-state index contributed by atoms with van der Waals surface area (Å²) in [7, 11) is 0. The molecule has 0 heterocycles. The van der Waals surface area contributed by atoms with E-state index in [-0.39, 0.29) is 5.41 Å². The molecule has 0 spiro atoms. The largest absolute Gasteiger partial charge is 0.508 e. The highest BCUT2D eigenvalue weighted by atomic mass is 16.3. The van der Waals surface area contributed by atoms with Crippen LogP contribution < -0.4 is 0 Å².